The first-order valence-corrected chi connectivity index (χ1v) is 14.8. The average Bonchev–Trinajstić information content (AvgIpc) is 3.58. The minimum Gasteiger partial charge on any atom is -0.0850 e. The second-order valence-electron chi connectivity index (χ2n) is 11.9. The monoisotopic (exact) mass is 442 g/mol. The Labute approximate surface area is 203 Å². The first kappa shape index (κ1) is 27.7. The van der Waals surface area contributed by atoms with Gasteiger partial charge in [0, 0.05) is 0 Å². The van der Waals surface area contributed by atoms with Crippen molar-refractivity contribution in [1.29, 1.82) is 0 Å². The molecule has 5 unspecified atom stereocenters. The van der Waals surface area contributed by atoms with Crippen LogP contribution in [0.1, 0.15) is 151 Å². The molecule has 0 amide bonds. The van der Waals surface area contributed by atoms with E-state index in [9.17, 15) is 0 Å². The molecule has 0 heterocycles. The van der Waals surface area contributed by atoms with Gasteiger partial charge in [-0.3, -0.25) is 0 Å². The molecule has 0 aromatic carbocycles. The summed E-state index contributed by atoms with van der Waals surface area (Å²) in [6.45, 7) is 14.7. The Balaban J connectivity index is 1.84. The Morgan fingerprint density at radius 3 is 2.38 bits per heavy atom. The van der Waals surface area contributed by atoms with E-state index in [0.717, 1.165) is 23.7 Å². The molecule has 0 saturated heterocycles. The summed E-state index contributed by atoms with van der Waals surface area (Å²) in [6, 6.07) is 0. The summed E-state index contributed by atoms with van der Waals surface area (Å²) in [5, 5.41) is 0. The Morgan fingerprint density at radius 1 is 0.969 bits per heavy atom. The van der Waals surface area contributed by atoms with Gasteiger partial charge in [0.25, 0.3) is 0 Å². The fraction of sp³-hybridized carbons (Fsp3) is 0.875. The van der Waals surface area contributed by atoms with Crippen LogP contribution in [0.2, 0.25) is 0 Å². The molecular formula is C32H58. The van der Waals surface area contributed by atoms with Crippen molar-refractivity contribution >= 4 is 0 Å². The van der Waals surface area contributed by atoms with Gasteiger partial charge in [-0.05, 0) is 86.9 Å². The normalized spacial score (nSPS) is 25.9. The van der Waals surface area contributed by atoms with Gasteiger partial charge < -0.3 is 0 Å². The van der Waals surface area contributed by atoms with Crippen LogP contribution in [0.25, 0.3) is 0 Å². The van der Waals surface area contributed by atoms with Gasteiger partial charge in [-0.2, -0.15) is 0 Å². The lowest BCUT2D eigenvalue weighted by molar-refractivity contribution is 0.134. The van der Waals surface area contributed by atoms with Gasteiger partial charge in [0.05, 0.1) is 0 Å². The Kier molecular flexibility index (Phi) is 12.7. The molecule has 5 atom stereocenters. The average molecular weight is 443 g/mol. The molecule has 0 aliphatic heterocycles. The largest absolute Gasteiger partial charge is 0.0850 e. The van der Waals surface area contributed by atoms with E-state index in [0.29, 0.717) is 5.41 Å². The zero-order valence-electron chi connectivity index (χ0n) is 23.0. The standard InChI is InChI=1S/C32H58/c1-7-11-13-16-28-17-19-29(20-18-28)31-25-30(31)22-24-32(6,26(5)14-9-3)23-21-27(10-4)15-12-8-2/h16,19,26-27,30-31H,7-15,17-18,20-25H2,1-6H3/b28-16-. The number of allylic oxidation sites excluding steroid dienone is 4. The third kappa shape index (κ3) is 9.02. The molecule has 0 aromatic heterocycles. The van der Waals surface area contributed by atoms with Gasteiger partial charge in [0.1, 0.15) is 0 Å². The first-order valence-electron chi connectivity index (χ1n) is 14.8. The molecule has 0 heteroatoms. The van der Waals surface area contributed by atoms with Gasteiger partial charge in [-0.25, -0.2) is 0 Å². The molecule has 2 aliphatic carbocycles. The van der Waals surface area contributed by atoms with Crippen molar-refractivity contribution in [3.8, 4) is 0 Å². The highest BCUT2D eigenvalue weighted by Crippen LogP contribution is 2.52. The predicted octanol–water partition coefficient (Wildman–Crippen LogP) is 11.1. The van der Waals surface area contributed by atoms with Crippen LogP contribution in [0, 0.1) is 29.1 Å². The SMILES string of the molecule is CCCC/C=C1/CC=C(C2CC2CCC(C)(CCC(CC)CCCC)C(C)CCC)CC1. The van der Waals surface area contributed by atoms with Crippen LogP contribution in [-0.2, 0) is 0 Å². The molecule has 0 nitrogen and oxygen atoms in total. The predicted molar refractivity (Wildman–Crippen MR) is 145 cm³/mol. The van der Waals surface area contributed by atoms with Crippen LogP contribution in [0.15, 0.2) is 23.3 Å². The van der Waals surface area contributed by atoms with Crippen LogP contribution in [0.3, 0.4) is 0 Å². The molecule has 1 fully saturated rings. The van der Waals surface area contributed by atoms with E-state index >= 15 is 0 Å². The van der Waals surface area contributed by atoms with E-state index in [-0.39, 0.29) is 0 Å². The third-order valence-electron chi connectivity index (χ3n) is 9.42. The molecular weight excluding hydrogens is 384 g/mol. The molecule has 0 radical (unpaired) electrons. The van der Waals surface area contributed by atoms with E-state index in [1.54, 1.807) is 5.57 Å². The van der Waals surface area contributed by atoms with Gasteiger partial charge in [0.15, 0.2) is 0 Å². The van der Waals surface area contributed by atoms with Crippen molar-refractivity contribution in [2.24, 2.45) is 29.1 Å². The summed E-state index contributed by atoms with van der Waals surface area (Å²) in [5.41, 5.74) is 4.10. The lowest BCUT2D eigenvalue weighted by Gasteiger charge is -2.37. The van der Waals surface area contributed by atoms with Crippen molar-refractivity contribution < 1.29 is 0 Å². The lowest BCUT2D eigenvalue weighted by atomic mass is 9.68. The highest BCUT2D eigenvalue weighted by molar-refractivity contribution is 5.24. The Hall–Kier alpha value is -0.520. The van der Waals surface area contributed by atoms with E-state index in [1.807, 2.05) is 5.57 Å². The zero-order chi connectivity index (χ0) is 23.4. The molecule has 2 aliphatic rings. The Morgan fingerprint density at radius 2 is 1.75 bits per heavy atom. The molecule has 2 rings (SSSR count). The highest BCUT2D eigenvalue weighted by atomic mass is 14.5. The second-order valence-corrected chi connectivity index (χ2v) is 11.9. The number of rotatable bonds is 17. The van der Waals surface area contributed by atoms with Crippen LogP contribution in [0.4, 0.5) is 0 Å². The fourth-order valence-corrected chi connectivity index (χ4v) is 6.32. The number of unbranched alkanes of at least 4 members (excludes halogenated alkanes) is 3. The van der Waals surface area contributed by atoms with E-state index in [4.69, 9.17) is 0 Å². The lowest BCUT2D eigenvalue weighted by Crippen LogP contribution is -2.27. The first-order chi connectivity index (χ1) is 15.5. The topological polar surface area (TPSA) is 0 Å². The van der Waals surface area contributed by atoms with E-state index in [2.05, 4.69) is 53.7 Å². The molecule has 1 saturated carbocycles. The molecule has 186 valence electrons. The molecule has 32 heavy (non-hydrogen) atoms. The van der Waals surface area contributed by atoms with Crippen molar-refractivity contribution in [3.05, 3.63) is 23.3 Å². The zero-order valence-corrected chi connectivity index (χ0v) is 23.0. The molecule has 0 aromatic rings. The van der Waals surface area contributed by atoms with E-state index in [1.165, 1.54) is 109 Å². The minimum absolute atomic E-state index is 0.554. The van der Waals surface area contributed by atoms with Crippen molar-refractivity contribution in [2.45, 2.75) is 151 Å². The van der Waals surface area contributed by atoms with Crippen molar-refractivity contribution in [3.63, 3.8) is 0 Å². The minimum atomic E-state index is 0.554. The summed E-state index contributed by atoms with van der Waals surface area (Å²) in [4.78, 5) is 0. The summed E-state index contributed by atoms with van der Waals surface area (Å²) in [7, 11) is 0. The summed E-state index contributed by atoms with van der Waals surface area (Å²) < 4.78 is 0. The van der Waals surface area contributed by atoms with Gasteiger partial charge in [-0.15, -0.1) is 0 Å². The Bertz CT molecular complexity index is 567. The smallest absolute Gasteiger partial charge is 0.0136 e. The maximum absolute atomic E-state index is 2.66. The van der Waals surface area contributed by atoms with Crippen molar-refractivity contribution in [1.82, 2.24) is 0 Å². The highest BCUT2D eigenvalue weighted by Gasteiger charge is 2.41. The van der Waals surface area contributed by atoms with Crippen molar-refractivity contribution in [2.75, 3.05) is 0 Å². The van der Waals surface area contributed by atoms with E-state index < -0.39 is 0 Å². The molecule has 0 N–H and O–H groups in total. The van der Waals surface area contributed by atoms with Gasteiger partial charge in [0.2, 0.25) is 0 Å². The summed E-state index contributed by atoms with van der Waals surface area (Å²) >= 11 is 0. The maximum atomic E-state index is 2.66. The van der Waals surface area contributed by atoms with Crippen LogP contribution in [0.5, 0.6) is 0 Å². The number of hydrogen-bond acceptors (Lipinski definition) is 0. The molecule has 0 spiro atoms. The van der Waals surface area contributed by atoms with Gasteiger partial charge >= 0.3 is 0 Å². The number of hydrogen-bond donors (Lipinski definition) is 0. The molecule has 0 bridgehead atoms. The summed E-state index contributed by atoms with van der Waals surface area (Å²) in [6.07, 6.45) is 28.9. The van der Waals surface area contributed by atoms with Crippen LogP contribution >= 0.6 is 0 Å². The van der Waals surface area contributed by atoms with Crippen LogP contribution < -0.4 is 0 Å². The van der Waals surface area contributed by atoms with Crippen LogP contribution in [-0.4, -0.2) is 0 Å². The second kappa shape index (κ2) is 14.7. The summed E-state index contributed by atoms with van der Waals surface area (Å²) in [5.74, 6) is 3.79. The fourth-order valence-electron chi connectivity index (χ4n) is 6.32. The maximum Gasteiger partial charge on any atom is -0.0136 e. The van der Waals surface area contributed by atoms with Gasteiger partial charge in [-0.1, -0.05) is 116 Å². The quantitative estimate of drug-likeness (QED) is 0.155. The third-order valence-corrected chi connectivity index (χ3v) is 9.42.